The molecule has 1 aromatic heterocycles. The van der Waals surface area contributed by atoms with Crippen molar-refractivity contribution in [3.05, 3.63) is 64.7 Å². The lowest BCUT2D eigenvalue weighted by atomic mass is 10.2. The molecule has 0 saturated carbocycles. The number of nitrogens with one attached hydrogen (secondary N) is 1. The summed E-state index contributed by atoms with van der Waals surface area (Å²) in [6, 6.07) is 12.0. The third-order valence-electron chi connectivity index (χ3n) is 5.51. The molecule has 0 spiro atoms. The van der Waals surface area contributed by atoms with Crippen molar-refractivity contribution < 1.29 is 4.39 Å². The Labute approximate surface area is 187 Å². The molecule has 0 radical (unpaired) electrons. The smallest absolute Gasteiger partial charge is 0.154 e. The van der Waals surface area contributed by atoms with E-state index < -0.39 is 0 Å². The maximum absolute atomic E-state index is 13.1. The quantitative estimate of drug-likeness (QED) is 0.543. The van der Waals surface area contributed by atoms with Gasteiger partial charge in [-0.1, -0.05) is 29.8 Å². The third-order valence-corrected chi connectivity index (χ3v) is 5.75. The highest BCUT2D eigenvalue weighted by Gasteiger charge is 2.13. The van der Waals surface area contributed by atoms with E-state index in [0.717, 1.165) is 68.0 Å². The lowest BCUT2D eigenvalue weighted by Gasteiger charge is -2.32. The lowest BCUT2D eigenvalue weighted by Crippen LogP contribution is -2.44. The molecule has 2 heterocycles. The van der Waals surface area contributed by atoms with Gasteiger partial charge >= 0.3 is 0 Å². The van der Waals surface area contributed by atoms with Crippen LogP contribution in [0.1, 0.15) is 17.8 Å². The highest BCUT2D eigenvalue weighted by atomic mass is 35.5. The van der Waals surface area contributed by atoms with E-state index in [9.17, 15) is 4.39 Å². The Morgan fingerprint density at radius 1 is 1.03 bits per heavy atom. The van der Waals surface area contributed by atoms with Crippen molar-refractivity contribution in [2.75, 3.05) is 51.6 Å². The lowest BCUT2D eigenvalue weighted by molar-refractivity contribution is 0.154. The molecule has 2 aromatic carbocycles. The molecule has 0 bridgehead atoms. The Morgan fingerprint density at radius 3 is 2.58 bits per heavy atom. The number of anilines is 1. The van der Waals surface area contributed by atoms with Crippen LogP contribution in [0.5, 0.6) is 0 Å². The van der Waals surface area contributed by atoms with Crippen molar-refractivity contribution >= 4 is 40.5 Å². The van der Waals surface area contributed by atoms with Crippen molar-refractivity contribution in [1.29, 1.82) is 0 Å². The number of piperazine rings is 1. The standard InChI is InChI=1S/C24H27ClFN5/c1-30-13-15-31(16-14-30)12-2-11-27-24-21-9-6-19(25)17-22(21)28-23(29-24)10-5-18-3-7-20(26)8-4-18/h3-10,17H,2,11-16H2,1H3,(H,27,28,29)/b10-5+. The summed E-state index contributed by atoms with van der Waals surface area (Å²) in [4.78, 5) is 14.2. The second-order valence-electron chi connectivity index (χ2n) is 7.90. The SMILES string of the molecule is CN1CCN(CCCNc2nc(/C=C/c3ccc(F)cc3)nc3cc(Cl)ccc23)CC1. The van der Waals surface area contributed by atoms with E-state index in [1.165, 1.54) is 12.1 Å². The number of hydrogen-bond donors (Lipinski definition) is 1. The molecule has 0 amide bonds. The van der Waals surface area contributed by atoms with Crippen molar-refractivity contribution in [1.82, 2.24) is 19.8 Å². The number of likely N-dealkylation sites (N-methyl/N-ethyl adjacent to an activating group) is 1. The first kappa shape index (κ1) is 21.7. The minimum atomic E-state index is -0.253. The molecule has 31 heavy (non-hydrogen) atoms. The molecule has 1 aliphatic heterocycles. The van der Waals surface area contributed by atoms with Gasteiger partial charge in [-0.25, -0.2) is 14.4 Å². The number of hydrogen-bond acceptors (Lipinski definition) is 5. The van der Waals surface area contributed by atoms with Crippen molar-refractivity contribution in [2.24, 2.45) is 0 Å². The summed E-state index contributed by atoms with van der Waals surface area (Å²) in [7, 11) is 2.17. The second-order valence-corrected chi connectivity index (χ2v) is 8.34. The Bertz CT molecular complexity index is 1050. The predicted molar refractivity (Wildman–Crippen MR) is 127 cm³/mol. The Hall–Kier alpha value is -2.54. The number of rotatable bonds is 7. The average Bonchev–Trinajstić information content (AvgIpc) is 2.77. The van der Waals surface area contributed by atoms with Gasteiger partial charge in [-0.15, -0.1) is 0 Å². The fourth-order valence-electron chi connectivity index (χ4n) is 3.66. The zero-order chi connectivity index (χ0) is 21.6. The van der Waals surface area contributed by atoms with Crippen LogP contribution >= 0.6 is 11.6 Å². The first-order chi connectivity index (χ1) is 15.1. The van der Waals surface area contributed by atoms with Crippen LogP contribution in [0.3, 0.4) is 0 Å². The van der Waals surface area contributed by atoms with Gasteiger partial charge in [0, 0.05) is 43.1 Å². The van der Waals surface area contributed by atoms with Crippen molar-refractivity contribution in [3.63, 3.8) is 0 Å². The van der Waals surface area contributed by atoms with Gasteiger partial charge in [0.05, 0.1) is 5.52 Å². The first-order valence-electron chi connectivity index (χ1n) is 10.6. The Morgan fingerprint density at radius 2 is 1.81 bits per heavy atom. The van der Waals surface area contributed by atoms with Crippen LogP contribution in [-0.2, 0) is 0 Å². The highest BCUT2D eigenvalue weighted by Crippen LogP contribution is 2.24. The highest BCUT2D eigenvalue weighted by molar-refractivity contribution is 6.31. The molecular formula is C24H27ClFN5. The molecule has 0 atom stereocenters. The van der Waals surface area contributed by atoms with Crippen molar-refractivity contribution in [3.8, 4) is 0 Å². The maximum atomic E-state index is 13.1. The van der Waals surface area contributed by atoms with E-state index in [1.807, 2.05) is 30.4 Å². The van der Waals surface area contributed by atoms with E-state index in [-0.39, 0.29) is 5.82 Å². The summed E-state index contributed by atoms with van der Waals surface area (Å²) in [6.07, 6.45) is 4.76. The van der Waals surface area contributed by atoms with Gasteiger partial charge in [-0.2, -0.15) is 0 Å². The van der Waals surface area contributed by atoms with Crippen LogP contribution in [0.4, 0.5) is 10.2 Å². The van der Waals surface area contributed by atoms with E-state index in [2.05, 4.69) is 27.1 Å². The average molecular weight is 440 g/mol. The first-order valence-corrected chi connectivity index (χ1v) is 11.0. The van der Waals surface area contributed by atoms with Crippen LogP contribution in [-0.4, -0.2) is 66.1 Å². The third kappa shape index (κ3) is 6.00. The van der Waals surface area contributed by atoms with E-state index in [1.54, 1.807) is 12.1 Å². The van der Waals surface area contributed by atoms with E-state index in [0.29, 0.717) is 10.8 Å². The van der Waals surface area contributed by atoms with Gasteiger partial charge in [0.2, 0.25) is 0 Å². The summed E-state index contributed by atoms with van der Waals surface area (Å²) >= 11 is 6.19. The van der Waals surface area contributed by atoms with Gasteiger partial charge in [0.15, 0.2) is 5.82 Å². The molecule has 1 saturated heterocycles. The summed E-state index contributed by atoms with van der Waals surface area (Å²) in [6.45, 7) is 6.44. The summed E-state index contributed by atoms with van der Waals surface area (Å²) < 4.78 is 13.1. The molecule has 1 fully saturated rings. The second kappa shape index (κ2) is 10.2. The van der Waals surface area contributed by atoms with Crippen LogP contribution < -0.4 is 5.32 Å². The molecule has 4 rings (SSSR count). The van der Waals surface area contributed by atoms with Crippen LogP contribution in [0, 0.1) is 5.82 Å². The minimum absolute atomic E-state index is 0.253. The number of aromatic nitrogens is 2. The zero-order valence-electron chi connectivity index (χ0n) is 17.7. The fourth-order valence-corrected chi connectivity index (χ4v) is 3.82. The van der Waals surface area contributed by atoms with Crippen LogP contribution in [0.25, 0.3) is 23.1 Å². The molecule has 1 N–H and O–H groups in total. The number of nitrogens with zero attached hydrogens (tertiary/aromatic N) is 4. The molecule has 5 nitrogen and oxygen atoms in total. The molecule has 7 heteroatoms. The number of benzene rings is 2. The number of fused-ring (bicyclic) bond motifs is 1. The van der Waals surface area contributed by atoms with Crippen molar-refractivity contribution in [2.45, 2.75) is 6.42 Å². The monoisotopic (exact) mass is 439 g/mol. The summed E-state index contributed by atoms with van der Waals surface area (Å²) in [5.41, 5.74) is 1.68. The maximum Gasteiger partial charge on any atom is 0.154 e. The summed E-state index contributed by atoms with van der Waals surface area (Å²) in [5.74, 6) is 1.14. The van der Waals surface area contributed by atoms with Gasteiger partial charge in [-0.3, -0.25) is 0 Å². The topological polar surface area (TPSA) is 44.3 Å². The van der Waals surface area contributed by atoms with Gasteiger partial charge in [0.1, 0.15) is 11.6 Å². The van der Waals surface area contributed by atoms with Gasteiger partial charge in [0.25, 0.3) is 0 Å². The fraction of sp³-hybridized carbons (Fsp3) is 0.333. The molecular weight excluding hydrogens is 413 g/mol. The largest absolute Gasteiger partial charge is 0.369 e. The zero-order valence-corrected chi connectivity index (χ0v) is 18.4. The van der Waals surface area contributed by atoms with Crippen LogP contribution in [0.2, 0.25) is 5.02 Å². The summed E-state index contributed by atoms with van der Waals surface area (Å²) in [5, 5.41) is 5.07. The molecule has 162 valence electrons. The molecule has 0 aliphatic carbocycles. The minimum Gasteiger partial charge on any atom is -0.369 e. The molecule has 3 aromatic rings. The number of halogens is 2. The van der Waals surface area contributed by atoms with Crippen LogP contribution in [0.15, 0.2) is 42.5 Å². The molecule has 1 aliphatic rings. The van der Waals surface area contributed by atoms with Gasteiger partial charge < -0.3 is 15.1 Å². The predicted octanol–water partition coefficient (Wildman–Crippen LogP) is 4.64. The van der Waals surface area contributed by atoms with E-state index >= 15 is 0 Å². The molecule has 0 unspecified atom stereocenters. The normalized spacial score (nSPS) is 15.7. The Kier molecular flexibility index (Phi) is 7.12. The van der Waals surface area contributed by atoms with E-state index in [4.69, 9.17) is 16.6 Å². The Balaban J connectivity index is 1.46. The van der Waals surface area contributed by atoms with Gasteiger partial charge in [-0.05, 0) is 62.0 Å².